The van der Waals surface area contributed by atoms with E-state index >= 15 is 0 Å². The lowest BCUT2D eigenvalue weighted by molar-refractivity contribution is -0.132. The smallest absolute Gasteiger partial charge is 0.243 e. The van der Waals surface area contributed by atoms with Gasteiger partial charge in [-0.2, -0.15) is 4.31 Å². The van der Waals surface area contributed by atoms with Crippen molar-refractivity contribution in [1.29, 1.82) is 0 Å². The van der Waals surface area contributed by atoms with E-state index in [4.69, 9.17) is 0 Å². The first kappa shape index (κ1) is 22.0. The van der Waals surface area contributed by atoms with Crippen molar-refractivity contribution in [3.05, 3.63) is 64.7 Å². The van der Waals surface area contributed by atoms with Gasteiger partial charge >= 0.3 is 0 Å². The van der Waals surface area contributed by atoms with E-state index in [1.807, 2.05) is 50.2 Å². The molecule has 6 heteroatoms. The molecule has 1 fully saturated rings. The average Bonchev–Trinajstić information content (AvgIpc) is 2.78. The van der Waals surface area contributed by atoms with E-state index in [1.165, 1.54) is 16.3 Å². The first-order chi connectivity index (χ1) is 14.8. The molecule has 2 aromatic rings. The Morgan fingerprint density at radius 1 is 1.06 bits per heavy atom. The maximum Gasteiger partial charge on any atom is 0.243 e. The molecule has 1 aliphatic carbocycles. The van der Waals surface area contributed by atoms with Crippen molar-refractivity contribution in [2.45, 2.75) is 63.8 Å². The maximum absolute atomic E-state index is 13.4. The summed E-state index contributed by atoms with van der Waals surface area (Å²) in [7, 11) is -3.62. The molecule has 2 aliphatic rings. The summed E-state index contributed by atoms with van der Waals surface area (Å²) in [4.78, 5) is 13.4. The molecule has 1 aliphatic heterocycles. The van der Waals surface area contributed by atoms with Gasteiger partial charge in [0.2, 0.25) is 15.9 Å². The van der Waals surface area contributed by atoms with Gasteiger partial charge in [0.25, 0.3) is 0 Å². The van der Waals surface area contributed by atoms with Gasteiger partial charge in [-0.15, -0.1) is 0 Å². The maximum atomic E-state index is 13.4. The van der Waals surface area contributed by atoms with Crippen LogP contribution in [-0.4, -0.2) is 31.7 Å². The summed E-state index contributed by atoms with van der Waals surface area (Å²) in [6.45, 7) is 5.04. The number of nitrogens with one attached hydrogen (secondary N) is 1. The molecule has 166 valence electrons. The number of fused-ring (bicyclic) bond motifs is 1. The molecule has 1 heterocycles. The Balaban J connectivity index is 1.49. The molecule has 5 nitrogen and oxygen atoms in total. The molecule has 0 aromatic heterocycles. The van der Waals surface area contributed by atoms with Crippen LogP contribution in [0.25, 0.3) is 0 Å². The summed E-state index contributed by atoms with van der Waals surface area (Å²) < 4.78 is 28.3. The molecule has 0 spiro atoms. The summed E-state index contributed by atoms with van der Waals surface area (Å²) in [5.41, 5.74) is 3.90. The number of carbonyl (C=O) groups is 1. The normalized spacial score (nSPS) is 22.0. The third-order valence-corrected chi connectivity index (χ3v) is 8.71. The molecule has 31 heavy (non-hydrogen) atoms. The second-order valence-electron chi connectivity index (χ2n) is 9.25. The molecule has 0 radical (unpaired) electrons. The predicted molar refractivity (Wildman–Crippen MR) is 122 cm³/mol. The van der Waals surface area contributed by atoms with Gasteiger partial charge in [0.15, 0.2) is 0 Å². The SMILES string of the molecule is Cc1ccccc1CNC(=O)[C@@]1(C)CCCN(S(=O)(=O)c2ccc3c(c2)CCCC3)C1. The van der Waals surface area contributed by atoms with Gasteiger partial charge in [0.05, 0.1) is 10.3 Å². The summed E-state index contributed by atoms with van der Waals surface area (Å²) in [5, 5.41) is 3.04. The lowest BCUT2D eigenvalue weighted by atomic mass is 9.82. The third-order valence-electron chi connectivity index (χ3n) is 6.87. The second-order valence-corrected chi connectivity index (χ2v) is 11.2. The van der Waals surface area contributed by atoms with Crippen molar-refractivity contribution in [1.82, 2.24) is 9.62 Å². The fourth-order valence-electron chi connectivity index (χ4n) is 4.80. The standard InChI is InChI=1S/C25H32N2O3S/c1-19-8-3-4-11-22(19)17-26-24(28)25(2)14-7-15-27(18-25)31(29,30)23-13-12-20-9-5-6-10-21(20)16-23/h3-4,8,11-13,16H,5-7,9-10,14-15,17-18H2,1-2H3,(H,26,28)/t25-/m0/s1. The second kappa shape index (κ2) is 8.75. The highest BCUT2D eigenvalue weighted by Crippen LogP contribution is 2.34. The third kappa shape index (κ3) is 4.55. The van der Waals surface area contributed by atoms with Crippen LogP contribution in [0.3, 0.4) is 0 Å². The van der Waals surface area contributed by atoms with Crippen molar-refractivity contribution in [2.24, 2.45) is 5.41 Å². The highest BCUT2D eigenvalue weighted by atomic mass is 32.2. The summed E-state index contributed by atoms with van der Waals surface area (Å²) in [5.74, 6) is -0.0823. The molecule has 0 saturated carbocycles. The van der Waals surface area contributed by atoms with Gasteiger partial charge in [0, 0.05) is 19.6 Å². The largest absolute Gasteiger partial charge is 0.352 e. The number of benzene rings is 2. The van der Waals surface area contributed by atoms with Crippen molar-refractivity contribution < 1.29 is 13.2 Å². The van der Waals surface area contributed by atoms with E-state index in [0.29, 0.717) is 30.8 Å². The fraction of sp³-hybridized carbons (Fsp3) is 0.480. The van der Waals surface area contributed by atoms with Crippen LogP contribution in [-0.2, 0) is 34.2 Å². The molecule has 0 unspecified atom stereocenters. The summed E-state index contributed by atoms with van der Waals surface area (Å²) >= 11 is 0. The zero-order chi connectivity index (χ0) is 22.1. The average molecular weight is 441 g/mol. The zero-order valence-corrected chi connectivity index (χ0v) is 19.3. The van der Waals surface area contributed by atoms with Crippen molar-refractivity contribution in [2.75, 3.05) is 13.1 Å². The number of nitrogens with zero attached hydrogens (tertiary/aromatic N) is 1. The lowest BCUT2D eigenvalue weighted by Gasteiger charge is -2.38. The minimum absolute atomic E-state index is 0.0823. The van der Waals surface area contributed by atoms with Gasteiger partial charge in [-0.1, -0.05) is 30.3 Å². The summed E-state index contributed by atoms with van der Waals surface area (Å²) in [6.07, 6.45) is 5.61. The minimum Gasteiger partial charge on any atom is -0.352 e. The van der Waals surface area contributed by atoms with E-state index in [1.54, 1.807) is 6.07 Å². The number of amides is 1. The molecule has 1 N–H and O–H groups in total. The Kier molecular flexibility index (Phi) is 6.22. The molecule has 1 amide bonds. The molecule has 0 bridgehead atoms. The van der Waals surface area contributed by atoms with Gasteiger partial charge in [-0.25, -0.2) is 8.42 Å². The first-order valence-electron chi connectivity index (χ1n) is 11.2. The van der Waals surface area contributed by atoms with Crippen molar-refractivity contribution in [3.63, 3.8) is 0 Å². The topological polar surface area (TPSA) is 66.5 Å². The van der Waals surface area contributed by atoms with Crippen molar-refractivity contribution in [3.8, 4) is 0 Å². The monoisotopic (exact) mass is 440 g/mol. The predicted octanol–water partition coefficient (Wildman–Crippen LogP) is 3.98. The number of hydrogen-bond acceptors (Lipinski definition) is 3. The Morgan fingerprint density at radius 3 is 2.58 bits per heavy atom. The van der Waals surface area contributed by atoms with Crippen LogP contribution in [0.5, 0.6) is 0 Å². The van der Waals surface area contributed by atoms with Gasteiger partial charge in [0.1, 0.15) is 0 Å². The zero-order valence-electron chi connectivity index (χ0n) is 18.5. The highest BCUT2D eigenvalue weighted by molar-refractivity contribution is 7.89. The lowest BCUT2D eigenvalue weighted by Crippen LogP contribution is -2.51. The van der Waals surface area contributed by atoms with Gasteiger partial charge in [-0.3, -0.25) is 4.79 Å². The number of hydrogen-bond donors (Lipinski definition) is 1. The van der Waals surface area contributed by atoms with Crippen LogP contribution in [0, 0.1) is 12.3 Å². The van der Waals surface area contributed by atoms with E-state index in [2.05, 4.69) is 5.32 Å². The molecule has 2 aromatic carbocycles. The number of piperidine rings is 1. The Bertz CT molecular complexity index is 1080. The van der Waals surface area contributed by atoms with E-state index < -0.39 is 15.4 Å². The van der Waals surface area contributed by atoms with Crippen LogP contribution in [0.4, 0.5) is 0 Å². The number of sulfonamides is 1. The van der Waals surface area contributed by atoms with Gasteiger partial charge in [-0.05, 0) is 86.8 Å². The first-order valence-corrected chi connectivity index (χ1v) is 12.7. The fourth-order valence-corrected chi connectivity index (χ4v) is 6.45. The Hall–Kier alpha value is -2.18. The van der Waals surface area contributed by atoms with Crippen molar-refractivity contribution >= 4 is 15.9 Å². The summed E-state index contributed by atoms with van der Waals surface area (Å²) in [6, 6.07) is 13.5. The quantitative estimate of drug-likeness (QED) is 0.765. The molecular weight excluding hydrogens is 408 g/mol. The van der Waals surface area contributed by atoms with Crippen LogP contribution in [0.2, 0.25) is 0 Å². The molecular formula is C25H32N2O3S. The van der Waals surface area contributed by atoms with Crippen LogP contribution < -0.4 is 5.32 Å². The number of carbonyl (C=O) groups excluding carboxylic acids is 1. The number of rotatable bonds is 5. The van der Waals surface area contributed by atoms with Crippen LogP contribution >= 0.6 is 0 Å². The van der Waals surface area contributed by atoms with E-state index in [0.717, 1.165) is 36.0 Å². The molecule has 1 atom stereocenters. The van der Waals surface area contributed by atoms with E-state index in [-0.39, 0.29) is 12.5 Å². The minimum atomic E-state index is -3.62. The Morgan fingerprint density at radius 2 is 1.81 bits per heavy atom. The van der Waals surface area contributed by atoms with Crippen LogP contribution in [0.1, 0.15) is 54.9 Å². The molecule has 1 saturated heterocycles. The van der Waals surface area contributed by atoms with E-state index in [9.17, 15) is 13.2 Å². The Labute approximate surface area is 185 Å². The number of aryl methyl sites for hydroxylation is 3. The van der Waals surface area contributed by atoms with Crippen LogP contribution in [0.15, 0.2) is 47.4 Å². The highest BCUT2D eigenvalue weighted by Gasteiger charge is 2.42. The van der Waals surface area contributed by atoms with Gasteiger partial charge < -0.3 is 5.32 Å². The molecule has 4 rings (SSSR count).